The third-order valence-electron chi connectivity index (χ3n) is 8.33. The first kappa shape index (κ1) is 18.9. The Kier molecular flexibility index (Phi) is 4.18. The molecule has 4 aliphatic rings. The number of aryl methyl sites for hydroxylation is 1. The van der Waals surface area contributed by atoms with Crippen molar-refractivity contribution in [2.45, 2.75) is 51.4 Å². The van der Waals surface area contributed by atoms with Crippen LogP contribution in [0.3, 0.4) is 0 Å². The summed E-state index contributed by atoms with van der Waals surface area (Å²) in [6.07, 6.45) is 12.4. The Morgan fingerprint density at radius 2 is 1.94 bits per heavy atom. The van der Waals surface area contributed by atoms with Gasteiger partial charge in [-0.25, -0.2) is 0 Å². The molecule has 3 unspecified atom stereocenters. The molecule has 0 spiro atoms. The van der Waals surface area contributed by atoms with Crippen LogP contribution in [-0.2, 0) is 11.2 Å². The molecular formula is C28H28O3. The number of carbonyl (C=O) groups excluding carboxylic acids is 1. The molecule has 0 saturated heterocycles. The van der Waals surface area contributed by atoms with Crippen LogP contribution in [0.1, 0.15) is 67.2 Å². The predicted molar refractivity (Wildman–Crippen MR) is 122 cm³/mol. The number of benzene rings is 2. The Balaban J connectivity index is 1.26. The highest BCUT2D eigenvalue weighted by atomic mass is 16.5. The van der Waals surface area contributed by atoms with Crippen LogP contribution in [0.15, 0.2) is 48.2 Å². The van der Waals surface area contributed by atoms with E-state index in [0.717, 1.165) is 55.6 Å². The number of allylic oxidation sites excluding steroid dienone is 2. The van der Waals surface area contributed by atoms with Crippen molar-refractivity contribution in [1.29, 1.82) is 0 Å². The molecule has 3 nitrogen and oxygen atoms in total. The maximum absolute atomic E-state index is 12.5. The lowest BCUT2D eigenvalue weighted by Crippen LogP contribution is -2.40. The van der Waals surface area contributed by atoms with E-state index in [1.54, 1.807) is 12.1 Å². The average Bonchev–Trinajstić information content (AvgIpc) is 3.08. The number of rotatable bonds is 2. The smallest absolute Gasteiger partial charge is 0.139 e. The topological polar surface area (TPSA) is 46.5 Å². The van der Waals surface area contributed by atoms with Crippen molar-refractivity contribution in [3.05, 3.63) is 70.5 Å². The first-order chi connectivity index (χ1) is 15.0. The molecule has 31 heavy (non-hydrogen) atoms. The van der Waals surface area contributed by atoms with Gasteiger partial charge in [0.05, 0.1) is 0 Å². The van der Waals surface area contributed by atoms with Gasteiger partial charge in [0.15, 0.2) is 0 Å². The molecule has 4 aliphatic carbocycles. The second kappa shape index (κ2) is 6.85. The van der Waals surface area contributed by atoms with E-state index < -0.39 is 0 Å². The van der Waals surface area contributed by atoms with Crippen LogP contribution in [0.5, 0.6) is 11.5 Å². The van der Waals surface area contributed by atoms with Gasteiger partial charge in [0.25, 0.3) is 0 Å². The summed E-state index contributed by atoms with van der Waals surface area (Å²) in [5.41, 5.74) is 4.84. The number of hydrogen-bond donors (Lipinski definition) is 1. The van der Waals surface area contributed by atoms with Gasteiger partial charge in [-0.2, -0.15) is 0 Å². The largest absolute Gasteiger partial charge is 0.508 e. The molecule has 0 bridgehead atoms. The standard InChI is InChI=1S/C28H28O3/c1-28-13-12-24-23-9-7-22(15-18(23)4-8-25(24)26(28)10-11-27(28)30)31-21-6-3-17-2-5-20(29)14-19(17)16-21/h2,4-5,7-9,14-16,24-26,29H,3,6,10-13H2,1H3/t24?,25?,26?,28-/m0/s1. The third kappa shape index (κ3) is 2.97. The van der Waals surface area contributed by atoms with Gasteiger partial charge < -0.3 is 9.84 Å². The van der Waals surface area contributed by atoms with Crippen LogP contribution >= 0.6 is 0 Å². The van der Waals surface area contributed by atoms with Crippen LogP contribution in [0.2, 0.25) is 0 Å². The van der Waals surface area contributed by atoms with Gasteiger partial charge in [0.2, 0.25) is 0 Å². The summed E-state index contributed by atoms with van der Waals surface area (Å²) in [7, 11) is 0. The van der Waals surface area contributed by atoms with E-state index in [1.807, 2.05) is 12.1 Å². The van der Waals surface area contributed by atoms with Gasteiger partial charge in [-0.15, -0.1) is 0 Å². The highest BCUT2D eigenvalue weighted by Gasteiger charge is 2.53. The molecule has 6 rings (SSSR count). The average molecular weight is 413 g/mol. The fourth-order valence-electron chi connectivity index (χ4n) is 6.59. The fourth-order valence-corrected chi connectivity index (χ4v) is 6.59. The van der Waals surface area contributed by atoms with Gasteiger partial charge >= 0.3 is 0 Å². The lowest BCUT2D eigenvalue weighted by atomic mass is 9.57. The Hall–Kier alpha value is -2.81. The molecule has 2 fully saturated rings. The summed E-state index contributed by atoms with van der Waals surface area (Å²) >= 11 is 0. The number of aromatic hydroxyl groups is 1. The van der Waals surface area contributed by atoms with Gasteiger partial charge in [0, 0.05) is 18.3 Å². The van der Waals surface area contributed by atoms with Gasteiger partial charge in [-0.1, -0.05) is 31.2 Å². The second-order valence-electron chi connectivity index (χ2n) is 9.95. The molecule has 0 amide bonds. The number of hydrogen-bond acceptors (Lipinski definition) is 3. The van der Waals surface area contributed by atoms with E-state index in [1.165, 1.54) is 16.7 Å². The molecule has 2 aromatic carbocycles. The Labute approximate surface area is 183 Å². The molecule has 2 saturated carbocycles. The van der Waals surface area contributed by atoms with E-state index in [-0.39, 0.29) is 11.2 Å². The highest BCUT2D eigenvalue weighted by Crippen LogP contribution is 2.58. The zero-order valence-corrected chi connectivity index (χ0v) is 17.9. The molecular weight excluding hydrogens is 384 g/mol. The summed E-state index contributed by atoms with van der Waals surface area (Å²) in [6, 6.07) is 12.0. The number of ether oxygens (including phenoxy) is 1. The second-order valence-corrected chi connectivity index (χ2v) is 9.95. The maximum atomic E-state index is 12.5. The molecule has 0 heterocycles. The molecule has 2 aromatic rings. The molecule has 3 heteroatoms. The first-order valence-corrected chi connectivity index (χ1v) is 11.6. The number of carbonyl (C=O) groups is 1. The Bertz CT molecular complexity index is 1140. The number of ketones is 1. The molecule has 4 atom stereocenters. The summed E-state index contributed by atoms with van der Waals surface area (Å²) in [5, 5.41) is 9.78. The fraction of sp³-hybridized carbons (Fsp3) is 0.393. The first-order valence-electron chi connectivity index (χ1n) is 11.6. The lowest BCUT2D eigenvalue weighted by molar-refractivity contribution is -0.128. The Morgan fingerprint density at radius 1 is 1.03 bits per heavy atom. The zero-order valence-electron chi connectivity index (χ0n) is 17.9. The van der Waals surface area contributed by atoms with Crippen LogP contribution < -0.4 is 4.74 Å². The minimum Gasteiger partial charge on any atom is -0.508 e. The van der Waals surface area contributed by atoms with E-state index in [2.05, 4.69) is 37.3 Å². The van der Waals surface area contributed by atoms with Gasteiger partial charge in [-0.3, -0.25) is 4.79 Å². The van der Waals surface area contributed by atoms with Crippen molar-refractivity contribution < 1.29 is 14.6 Å². The van der Waals surface area contributed by atoms with Crippen molar-refractivity contribution in [1.82, 2.24) is 0 Å². The van der Waals surface area contributed by atoms with Crippen molar-refractivity contribution in [3.8, 4) is 11.5 Å². The van der Waals surface area contributed by atoms with E-state index in [4.69, 9.17) is 4.74 Å². The summed E-state index contributed by atoms with van der Waals surface area (Å²) in [4.78, 5) is 12.5. The summed E-state index contributed by atoms with van der Waals surface area (Å²) < 4.78 is 6.25. The molecule has 158 valence electrons. The van der Waals surface area contributed by atoms with Crippen LogP contribution in [-0.4, -0.2) is 10.9 Å². The maximum Gasteiger partial charge on any atom is 0.139 e. The monoisotopic (exact) mass is 412 g/mol. The zero-order chi connectivity index (χ0) is 21.2. The highest BCUT2D eigenvalue weighted by molar-refractivity contribution is 5.87. The molecule has 1 N–H and O–H groups in total. The number of fused-ring (bicyclic) bond motifs is 6. The van der Waals surface area contributed by atoms with Crippen LogP contribution in [0, 0.1) is 17.3 Å². The SMILES string of the molecule is C[C@]12CCC3c4ccc(OC5=Cc6cc(O)ccc6CC5)cc4C=CC3C1CCC2=O. The van der Waals surface area contributed by atoms with Crippen molar-refractivity contribution in [2.24, 2.45) is 17.3 Å². The van der Waals surface area contributed by atoms with Gasteiger partial charge in [0.1, 0.15) is 23.0 Å². The minimum absolute atomic E-state index is 0.107. The minimum atomic E-state index is -0.107. The Morgan fingerprint density at radius 3 is 2.84 bits per heavy atom. The lowest BCUT2D eigenvalue weighted by Gasteiger charge is -2.46. The van der Waals surface area contributed by atoms with Crippen LogP contribution in [0.25, 0.3) is 12.2 Å². The van der Waals surface area contributed by atoms with Crippen molar-refractivity contribution >= 4 is 17.9 Å². The molecule has 0 aromatic heterocycles. The normalized spacial score (nSPS) is 30.7. The summed E-state index contributed by atoms with van der Waals surface area (Å²) in [6.45, 7) is 2.21. The number of phenolic OH excluding ortho intramolecular Hbond substituents is 1. The van der Waals surface area contributed by atoms with E-state index in [9.17, 15) is 9.90 Å². The third-order valence-corrected chi connectivity index (χ3v) is 8.33. The quantitative estimate of drug-likeness (QED) is 0.633. The van der Waals surface area contributed by atoms with Gasteiger partial charge in [-0.05, 0) is 96.0 Å². The summed E-state index contributed by atoms with van der Waals surface area (Å²) in [5.74, 6) is 4.06. The molecule has 0 aliphatic heterocycles. The predicted octanol–water partition coefficient (Wildman–Crippen LogP) is 6.26. The van der Waals surface area contributed by atoms with E-state index >= 15 is 0 Å². The van der Waals surface area contributed by atoms with E-state index in [0.29, 0.717) is 23.5 Å². The number of Topliss-reactive ketones (excluding diaryl/α,β-unsaturated/α-hetero) is 1. The van der Waals surface area contributed by atoms with Crippen molar-refractivity contribution in [2.75, 3.05) is 0 Å². The van der Waals surface area contributed by atoms with Crippen LogP contribution in [0.4, 0.5) is 0 Å². The number of phenols is 1. The molecule has 0 radical (unpaired) electrons. The van der Waals surface area contributed by atoms with Crippen molar-refractivity contribution in [3.63, 3.8) is 0 Å².